The Morgan fingerprint density at radius 3 is 2.55 bits per heavy atom. The molecule has 0 N–H and O–H groups in total. The third kappa shape index (κ3) is 3.29. The summed E-state index contributed by atoms with van der Waals surface area (Å²) in [7, 11) is 0. The van der Waals surface area contributed by atoms with Gasteiger partial charge in [0.15, 0.2) is 5.78 Å². The van der Waals surface area contributed by atoms with E-state index in [0.717, 1.165) is 35.3 Å². The minimum atomic E-state index is -0.238. The van der Waals surface area contributed by atoms with Gasteiger partial charge in [0, 0.05) is 18.7 Å². The van der Waals surface area contributed by atoms with Crippen LogP contribution in [-0.2, 0) is 13.0 Å². The molecule has 0 saturated heterocycles. The van der Waals surface area contributed by atoms with Crippen LogP contribution in [0.25, 0.3) is 0 Å². The molecular weight excluding hydrogens is 277 g/mol. The molecule has 0 radical (unpaired) electrons. The van der Waals surface area contributed by atoms with Crippen molar-refractivity contribution in [2.24, 2.45) is 11.8 Å². The molecule has 1 aromatic carbocycles. The van der Waals surface area contributed by atoms with Gasteiger partial charge in [-0.3, -0.25) is 4.79 Å². The number of carbonyl (C=O) groups excluding carboxylic acids is 1. The van der Waals surface area contributed by atoms with Gasteiger partial charge in [-0.1, -0.05) is 19.1 Å². The maximum Gasteiger partial charge on any atom is 0.179 e. The molecule has 3 rings (SSSR count). The molecule has 0 amide bonds. The molecule has 1 aliphatic carbocycles. The SMILES string of the molecule is Cc1ccc(C(=O)CCc2ccc(F)cc2)n1CC1CC1C. The number of carbonyl (C=O) groups is 1. The van der Waals surface area contributed by atoms with Crippen molar-refractivity contribution in [1.29, 1.82) is 0 Å². The summed E-state index contributed by atoms with van der Waals surface area (Å²) in [4.78, 5) is 12.5. The first-order valence-electron chi connectivity index (χ1n) is 7.98. The van der Waals surface area contributed by atoms with Crippen LogP contribution >= 0.6 is 0 Å². The molecule has 2 aromatic rings. The van der Waals surface area contributed by atoms with Gasteiger partial charge in [-0.25, -0.2) is 4.39 Å². The van der Waals surface area contributed by atoms with E-state index in [9.17, 15) is 9.18 Å². The van der Waals surface area contributed by atoms with Crippen LogP contribution in [0.4, 0.5) is 4.39 Å². The van der Waals surface area contributed by atoms with Gasteiger partial charge in [0.1, 0.15) is 5.82 Å². The highest BCUT2D eigenvalue weighted by molar-refractivity contribution is 5.95. The van der Waals surface area contributed by atoms with Gasteiger partial charge in [-0.2, -0.15) is 0 Å². The topological polar surface area (TPSA) is 22.0 Å². The molecule has 0 bridgehead atoms. The lowest BCUT2D eigenvalue weighted by Crippen LogP contribution is -2.12. The molecule has 1 saturated carbocycles. The van der Waals surface area contributed by atoms with Crippen molar-refractivity contribution in [2.45, 2.75) is 39.7 Å². The zero-order chi connectivity index (χ0) is 15.7. The van der Waals surface area contributed by atoms with Crippen molar-refractivity contribution >= 4 is 5.78 Å². The molecule has 0 aliphatic heterocycles. The average Bonchev–Trinajstić information content (AvgIpc) is 3.07. The maximum absolute atomic E-state index is 12.9. The van der Waals surface area contributed by atoms with E-state index in [1.54, 1.807) is 12.1 Å². The second kappa shape index (κ2) is 6.07. The predicted molar refractivity (Wildman–Crippen MR) is 85.5 cm³/mol. The van der Waals surface area contributed by atoms with E-state index in [2.05, 4.69) is 18.4 Å². The molecular formula is C19H22FNO. The van der Waals surface area contributed by atoms with Crippen molar-refractivity contribution in [3.63, 3.8) is 0 Å². The number of halogens is 1. The van der Waals surface area contributed by atoms with E-state index in [1.165, 1.54) is 18.6 Å². The molecule has 116 valence electrons. The number of ketones is 1. The van der Waals surface area contributed by atoms with Crippen LogP contribution in [0, 0.1) is 24.6 Å². The zero-order valence-electron chi connectivity index (χ0n) is 13.2. The van der Waals surface area contributed by atoms with Crippen molar-refractivity contribution < 1.29 is 9.18 Å². The van der Waals surface area contributed by atoms with E-state index in [0.29, 0.717) is 12.8 Å². The van der Waals surface area contributed by atoms with Crippen LogP contribution in [0.2, 0.25) is 0 Å². The van der Waals surface area contributed by atoms with Crippen molar-refractivity contribution in [3.05, 3.63) is 59.2 Å². The van der Waals surface area contributed by atoms with E-state index >= 15 is 0 Å². The fourth-order valence-electron chi connectivity index (χ4n) is 2.98. The third-order valence-corrected chi connectivity index (χ3v) is 4.73. The largest absolute Gasteiger partial charge is 0.342 e. The highest BCUT2D eigenvalue weighted by atomic mass is 19.1. The van der Waals surface area contributed by atoms with Gasteiger partial charge in [0.05, 0.1) is 5.69 Å². The van der Waals surface area contributed by atoms with E-state index < -0.39 is 0 Å². The minimum Gasteiger partial charge on any atom is -0.342 e. The number of aromatic nitrogens is 1. The number of hydrogen-bond donors (Lipinski definition) is 0. The number of rotatable bonds is 6. The molecule has 3 heteroatoms. The molecule has 22 heavy (non-hydrogen) atoms. The molecule has 1 aliphatic rings. The lowest BCUT2D eigenvalue weighted by Gasteiger charge is -2.11. The standard InChI is InChI=1S/C19H22FNO/c1-13-11-16(13)12-21-14(2)3-9-18(21)19(22)10-6-15-4-7-17(20)8-5-15/h3-5,7-9,13,16H,6,10-12H2,1-2H3. The summed E-state index contributed by atoms with van der Waals surface area (Å²) in [6.07, 6.45) is 2.39. The normalized spacial score (nSPS) is 20.1. The van der Waals surface area contributed by atoms with E-state index in [-0.39, 0.29) is 11.6 Å². The first kappa shape index (κ1) is 15.0. The molecule has 2 unspecified atom stereocenters. The van der Waals surface area contributed by atoms with Crippen LogP contribution in [-0.4, -0.2) is 10.4 Å². The maximum atomic E-state index is 12.9. The fraction of sp³-hybridized carbons (Fsp3) is 0.421. The molecule has 1 fully saturated rings. The van der Waals surface area contributed by atoms with Crippen molar-refractivity contribution in [2.75, 3.05) is 0 Å². The van der Waals surface area contributed by atoms with E-state index in [4.69, 9.17) is 0 Å². The van der Waals surface area contributed by atoms with Crippen LogP contribution in [0.1, 0.15) is 41.5 Å². The Balaban J connectivity index is 1.65. The lowest BCUT2D eigenvalue weighted by atomic mass is 10.1. The van der Waals surface area contributed by atoms with Gasteiger partial charge in [-0.15, -0.1) is 0 Å². The number of nitrogens with zero attached hydrogens (tertiary/aromatic N) is 1. The summed E-state index contributed by atoms with van der Waals surface area (Å²) in [6, 6.07) is 10.4. The minimum absolute atomic E-state index is 0.172. The van der Waals surface area contributed by atoms with Crippen LogP contribution < -0.4 is 0 Å². The number of benzene rings is 1. The van der Waals surface area contributed by atoms with E-state index in [1.807, 2.05) is 12.1 Å². The van der Waals surface area contributed by atoms with Gasteiger partial charge in [-0.05, 0) is 61.4 Å². The highest BCUT2D eigenvalue weighted by Crippen LogP contribution is 2.39. The Hall–Kier alpha value is -1.90. The second-order valence-electron chi connectivity index (χ2n) is 6.49. The van der Waals surface area contributed by atoms with Gasteiger partial charge in [0.25, 0.3) is 0 Å². The zero-order valence-corrected chi connectivity index (χ0v) is 13.2. The van der Waals surface area contributed by atoms with Crippen LogP contribution in [0.15, 0.2) is 36.4 Å². The lowest BCUT2D eigenvalue weighted by molar-refractivity contribution is 0.0973. The van der Waals surface area contributed by atoms with Crippen molar-refractivity contribution in [1.82, 2.24) is 4.57 Å². The first-order valence-corrected chi connectivity index (χ1v) is 7.98. The van der Waals surface area contributed by atoms with Gasteiger partial charge in [0.2, 0.25) is 0 Å². The monoisotopic (exact) mass is 299 g/mol. The van der Waals surface area contributed by atoms with Crippen LogP contribution in [0.3, 0.4) is 0 Å². The Kier molecular flexibility index (Phi) is 4.14. The first-order chi connectivity index (χ1) is 10.5. The summed E-state index contributed by atoms with van der Waals surface area (Å²) >= 11 is 0. The molecule has 2 nitrogen and oxygen atoms in total. The molecule has 0 spiro atoms. The number of aryl methyl sites for hydroxylation is 2. The number of hydrogen-bond acceptors (Lipinski definition) is 1. The third-order valence-electron chi connectivity index (χ3n) is 4.73. The average molecular weight is 299 g/mol. The molecule has 1 heterocycles. The highest BCUT2D eigenvalue weighted by Gasteiger charge is 2.33. The van der Waals surface area contributed by atoms with Gasteiger partial charge < -0.3 is 4.57 Å². The summed E-state index contributed by atoms with van der Waals surface area (Å²) in [5.41, 5.74) is 2.98. The smallest absolute Gasteiger partial charge is 0.179 e. The quantitative estimate of drug-likeness (QED) is 0.724. The molecule has 1 aromatic heterocycles. The Morgan fingerprint density at radius 1 is 1.23 bits per heavy atom. The molecule has 2 atom stereocenters. The summed E-state index contributed by atoms with van der Waals surface area (Å²) in [6.45, 7) is 5.28. The summed E-state index contributed by atoms with van der Waals surface area (Å²) in [5, 5.41) is 0. The number of Topliss-reactive ketones (excluding diaryl/α,β-unsaturated/α-hetero) is 1. The Morgan fingerprint density at radius 2 is 1.91 bits per heavy atom. The predicted octanol–water partition coefficient (Wildman–Crippen LogP) is 4.41. The summed E-state index contributed by atoms with van der Waals surface area (Å²) in [5.74, 6) is 1.43. The van der Waals surface area contributed by atoms with Crippen LogP contribution in [0.5, 0.6) is 0 Å². The fourth-order valence-corrected chi connectivity index (χ4v) is 2.98. The Bertz CT molecular complexity index is 671. The van der Waals surface area contributed by atoms with Gasteiger partial charge >= 0.3 is 0 Å². The summed E-state index contributed by atoms with van der Waals surface area (Å²) < 4.78 is 15.1. The second-order valence-corrected chi connectivity index (χ2v) is 6.49. The van der Waals surface area contributed by atoms with Crippen molar-refractivity contribution in [3.8, 4) is 0 Å². The Labute approximate surface area is 131 Å².